The molecule has 1 amide bonds. The van der Waals surface area contributed by atoms with E-state index in [1.165, 1.54) is 0 Å². The van der Waals surface area contributed by atoms with E-state index in [0.29, 0.717) is 5.56 Å². The van der Waals surface area contributed by atoms with E-state index >= 15 is 0 Å². The summed E-state index contributed by atoms with van der Waals surface area (Å²) < 4.78 is 0. The number of nitrogens with one attached hydrogen (secondary N) is 1. The molecule has 4 heteroatoms. The second kappa shape index (κ2) is 7.09. The van der Waals surface area contributed by atoms with E-state index in [1.807, 2.05) is 62.3 Å². The zero-order valence-electron chi connectivity index (χ0n) is 13.2. The first kappa shape index (κ1) is 16.0. The molecule has 0 heterocycles. The molecule has 0 saturated heterocycles. The summed E-state index contributed by atoms with van der Waals surface area (Å²) in [5, 5.41) is 12.9. The summed E-state index contributed by atoms with van der Waals surface area (Å²) in [6, 6.07) is 15.0. The minimum absolute atomic E-state index is 0.184. The van der Waals surface area contributed by atoms with E-state index in [2.05, 4.69) is 5.32 Å². The highest BCUT2D eigenvalue weighted by atomic mass is 16.3. The maximum Gasteiger partial charge on any atom is 0.251 e. The summed E-state index contributed by atoms with van der Waals surface area (Å²) in [6.45, 7) is 2.19. The summed E-state index contributed by atoms with van der Waals surface area (Å²) >= 11 is 0. The number of amides is 1. The van der Waals surface area contributed by atoms with Gasteiger partial charge in [-0.25, -0.2) is 0 Å². The Morgan fingerprint density at radius 3 is 2.23 bits per heavy atom. The highest BCUT2D eigenvalue weighted by Gasteiger charge is 2.11. The topological polar surface area (TPSA) is 52.6 Å². The van der Waals surface area contributed by atoms with Gasteiger partial charge in [-0.1, -0.05) is 29.8 Å². The molecule has 0 saturated carbocycles. The number of aliphatic hydroxyl groups excluding tert-OH is 1. The van der Waals surface area contributed by atoms with Crippen molar-refractivity contribution in [3.63, 3.8) is 0 Å². The van der Waals surface area contributed by atoms with Gasteiger partial charge < -0.3 is 15.3 Å². The number of aliphatic hydroxyl groups is 1. The maximum absolute atomic E-state index is 12.1. The Labute approximate surface area is 131 Å². The second-order valence-corrected chi connectivity index (χ2v) is 5.58. The van der Waals surface area contributed by atoms with E-state index in [-0.39, 0.29) is 12.5 Å². The van der Waals surface area contributed by atoms with Gasteiger partial charge in [-0.05, 0) is 36.8 Å². The molecule has 0 aliphatic rings. The van der Waals surface area contributed by atoms with Gasteiger partial charge in [-0.2, -0.15) is 0 Å². The Morgan fingerprint density at radius 2 is 1.68 bits per heavy atom. The van der Waals surface area contributed by atoms with Crippen molar-refractivity contribution in [1.82, 2.24) is 5.32 Å². The first-order chi connectivity index (χ1) is 10.5. The summed E-state index contributed by atoms with van der Waals surface area (Å²) in [5.41, 5.74) is 3.56. The molecule has 2 aromatic carbocycles. The Balaban J connectivity index is 1.93. The highest BCUT2D eigenvalue weighted by Crippen LogP contribution is 2.14. The molecule has 2 N–H and O–H groups in total. The third-order valence-corrected chi connectivity index (χ3v) is 3.56. The average Bonchev–Trinajstić information content (AvgIpc) is 2.53. The van der Waals surface area contributed by atoms with Crippen LogP contribution in [0.4, 0.5) is 5.69 Å². The fraction of sp³-hybridized carbons (Fsp3) is 0.278. The van der Waals surface area contributed by atoms with E-state index in [9.17, 15) is 9.90 Å². The van der Waals surface area contributed by atoms with Gasteiger partial charge in [-0.3, -0.25) is 4.79 Å². The van der Waals surface area contributed by atoms with Crippen LogP contribution in [0.25, 0.3) is 0 Å². The van der Waals surface area contributed by atoms with Crippen molar-refractivity contribution in [3.05, 3.63) is 65.2 Å². The molecule has 0 bridgehead atoms. The number of aryl methyl sites for hydroxylation is 1. The molecule has 0 aromatic heterocycles. The van der Waals surface area contributed by atoms with Crippen LogP contribution in [0.3, 0.4) is 0 Å². The molecule has 0 aliphatic carbocycles. The number of nitrogens with zero attached hydrogens (tertiary/aromatic N) is 1. The number of carbonyl (C=O) groups excluding carboxylic acids is 1. The van der Waals surface area contributed by atoms with Crippen LogP contribution in [0.2, 0.25) is 0 Å². The monoisotopic (exact) mass is 298 g/mol. The Kier molecular flexibility index (Phi) is 5.17. The third kappa shape index (κ3) is 4.09. The van der Waals surface area contributed by atoms with Crippen molar-refractivity contribution >= 4 is 11.6 Å². The summed E-state index contributed by atoms with van der Waals surface area (Å²) in [4.78, 5) is 14.1. The van der Waals surface area contributed by atoms with Gasteiger partial charge in [0.05, 0.1) is 6.10 Å². The largest absolute Gasteiger partial charge is 0.387 e. The molecule has 1 atom stereocenters. The molecule has 4 nitrogen and oxygen atoms in total. The number of hydrogen-bond acceptors (Lipinski definition) is 3. The molecule has 116 valence electrons. The van der Waals surface area contributed by atoms with Gasteiger partial charge in [0.25, 0.3) is 5.91 Å². The molecule has 0 spiro atoms. The first-order valence-electron chi connectivity index (χ1n) is 7.27. The van der Waals surface area contributed by atoms with E-state index in [0.717, 1.165) is 16.8 Å². The van der Waals surface area contributed by atoms with Crippen molar-refractivity contribution < 1.29 is 9.90 Å². The van der Waals surface area contributed by atoms with Crippen molar-refractivity contribution in [2.75, 3.05) is 25.5 Å². The van der Waals surface area contributed by atoms with Crippen LogP contribution < -0.4 is 10.2 Å². The first-order valence-corrected chi connectivity index (χ1v) is 7.27. The Morgan fingerprint density at radius 1 is 1.09 bits per heavy atom. The van der Waals surface area contributed by atoms with Crippen LogP contribution in [0.5, 0.6) is 0 Å². The minimum atomic E-state index is -0.703. The van der Waals surface area contributed by atoms with Gasteiger partial charge in [0.2, 0.25) is 0 Å². The lowest BCUT2D eigenvalue weighted by molar-refractivity contribution is 0.0916. The molecule has 2 rings (SSSR count). The van der Waals surface area contributed by atoms with Gasteiger partial charge in [0.15, 0.2) is 0 Å². The van der Waals surface area contributed by atoms with Crippen LogP contribution in [0.15, 0.2) is 48.5 Å². The predicted octanol–water partition coefficient (Wildman–Crippen LogP) is 2.52. The molecule has 0 aliphatic heterocycles. The van der Waals surface area contributed by atoms with Crippen molar-refractivity contribution in [2.45, 2.75) is 13.0 Å². The summed E-state index contributed by atoms with van der Waals surface area (Å²) in [7, 11) is 3.90. The number of rotatable bonds is 5. The Bertz CT molecular complexity index is 619. The number of carbonyl (C=O) groups is 1. The van der Waals surface area contributed by atoms with Crippen molar-refractivity contribution in [3.8, 4) is 0 Å². The number of anilines is 1. The molecule has 22 heavy (non-hydrogen) atoms. The van der Waals surface area contributed by atoms with E-state index in [1.54, 1.807) is 12.1 Å². The average molecular weight is 298 g/mol. The third-order valence-electron chi connectivity index (χ3n) is 3.56. The lowest BCUT2D eigenvalue weighted by Gasteiger charge is -2.14. The second-order valence-electron chi connectivity index (χ2n) is 5.58. The Hall–Kier alpha value is -2.33. The molecule has 0 fully saturated rings. The smallest absolute Gasteiger partial charge is 0.251 e. The number of hydrogen-bond donors (Lipinski definition) is 2. The van der Waals surface area contributed by atoms with Gasteiger partial charge in [-0.15, -0.1) is 0 Å². The SMILES string of the molecule is Cc1ccc(C(O)CNC(=O)c2ccc(N(C)C)cc2)cc1. The van der Waals surface area contributed by atoms with Crippen LogP contribution in [-0.2, 0) is 0 Å². The fourth-order valence-electron chi connectivity index (χ4n) is 2.11. The summed E-state index contributed by atoms with van der Waals surface area (Å²) in [5.74, 6) is -0.184. The minimum Gasteiger partial charge on any atom is -0.387 e. The van der Waals surface area contributed by atoms with Crippen molar-refractivity contribution in [1.29, 1.82) is 0 Å². The lowest BCUT2D eigenvalue weighted by atomic mass is 10.1. The van der Waals surface area contributed by atoms with E-state index < -0.39 is 6.10 Å². The number of benzene rings is 2. The fourth-order valence-corrected chi connectivity index (χ4v) is 2.11. The van der Waals surface area contributed by atoms with E-state index in [4.69, 9.17) is 0 Å². The van der Waals surface area contributed by atoms with Gasteiger partial charge in [0.1, 0.15) is 0 Å². The normalized spacial score (nSPS) is 11.8. The summed E-state index contributed by atoms with van der Waals surface area (Å²) in [6.07, 6.45) is -0.703. The zero-order chi connectivity index (χ0) is 16.1. The van der Waals surface area contributed by atoms with Crippen LogP contribution in [0, 0.1) is 6.92 Å². The standard InChI is InChI=1S/C18H22N2O2/c1-13-4-6-14(7-5-13)17(21)12-19-18(22)15-8-10-16(11-9-15)20(2)3/h4-11,17,21H,12H2,1-3H3,(H,19,22). The zero-order valence-corrected chi connectivity index (χ0v) is 13.2. The lowest BCUT2D eigenvalue weighted by Crippen LogP contribution is -2.28. The quantitative estimate of drug-likeness (QED) is 0.892. The van der Waals surface area contributed by atoms with Crippen LogP contribution >= 0.6 is 0 Å². The van der Waals surface area contributed by atoms with Crippen LogP contribution in [-0.4, -0.2) is 31.7 Å². The molecular weight excluding hydrogens is 276 g/mol. The van der Waals surface area contributed by atoms with Gasteiger partial charge >= 0.3 is 0 Å². The molecule has 0 radical (unpaired) electrons. The maximum atomic E-state index is 12.1. The van der Waals surface area contributed by atoms with Crippen molar-refractivity contribution in [2.24, 2.45) is 0 Å². The molecule has 2 aromatic rings. The van der Waals surface area contributed by atoms with Gasteiger partial charge in [0, 0.05) is 31.9 Å². The predicted molar refractivity (Wildman–Crippen MR) is 89.2 cm³/mol. The molecular formula is C18H22N2O2. The highest BCUT2D eigenvalue weighted by molar-refractivity contribution is 5.94. The molecule has 1 unspecified atom stereocenters. The van der Waals surface area contributed by atoms with Crippen LogP contribution in [0.1, 0.15) is 27.6 Å².